The number of halogens is 2. The summed E-state index contributed by atoms with van der Waals surface area (Å²) in [6.07, 6.45) is 3.22. The summed E-state index contributed by atoms with van der Waals surface area (Å²) in [5.74, 6) is -0.133. The number of thiophene rings is 1. The Morgan fingerprint density at radius 1 is 1.23 bits per heavy atom. The first-order valence-electron chi connectivity index (χ1n) is 7.45. The molecule has 2 unspecified atom stereocenters. The molecule has 1 aromatic heterocycles. The molecule has 2 atom stereocenters. The first-order chi connectivity index (χ1) is 10.2. The molecule has 1 N–H and O–H groups in total. The highest BCUT2D eigenvalue weighted by Gasteiger charge is 2.38. The first kappa shape index (κ1) is 15.7. The SMILES string of the molecule is Cl.O=C(c1cc2cc(F)ccc2s1)N1C2CCNCC1CC2. The van der Waals surface area contributed by atoms with E-state index in [1.54, 1.807) is 6.07 Å². The Hall–Kier alpha value is -1.17. The highest BCUT2D eigenvalue weighted by Crippen LogP contribution is 2.33. The number of hydrogen-bond acceptors (Lipinski definition) is 3. The lowest BCUT2D eigenvalue weighted by Crippen LogP contribution is -2.42. The van der Waals surface area contributed by atoms with Gasteiger partial charge in [-0.25, -0.2) is 4.39 Å². The maximum atomic E-state index is 13.3. The second-order valence-electron chi connectivity index (χ2n) is 5.88. The minimum Gasteiger partial charge on any atom is -0.331 e. The zero-order chi connectivity index (χ0) is 14.4. The van der Waals surface area contributed by atoms with E-state index in [-0.39, 0.29) is 24.1 Å². The Morgan fingerprint density at radius 2 is 2.05 bits per heavy atom. The molecule has 1 aromatic carbocycles. The summed E-state index contributed by atoms with van der Waals surface area (Å²) in [5, 5.41) is 4.23. The van der Waals surface area contributed by atoms with Crippen molar-refractivity contribution in [2.45, 2.75) is 31.3 Å². The van der Waals surface area contributed by atoms with E-state index < -0.39 is 0 Å². The molecule has 0 saturated carbocycles. The average molecular weight is 341 g/mol. The lowest BCUT2D eigenvalue weighted by atomic mass is 10.1. The third kappa shape index (κ3) is 2.62. The second-order valence-corrected chi connectivity index (χ2v) is 6.97. The van der Waals surface area contributed by atoms with E-state index in [9.17, 15) is 9.18 Å². The standard InChI is InChI=1S/C16H17FN2OS.ClH/c17-11-1-4-14-10(7-11)8-15(21-14)16(20)19-12-2-3-13(19)9-18-6-5-12;/h1,4,7-8,12-13,18H,2-3,5-6,9H2;1H. The molecule has 22 heavy (non-hydrogen) atoms. The Labute approximate surface area is 138 Å². The van der Waals surface area contributed by atoms with Crippen molar-refractivity contribution >= 4 is 39.7 Å². The normalized spacial score (nSPS) is 24.1. The van der Waals surface area contributed by atoms with Crippen LogP contribution in [0.3, 0.4) is 0 Å². The Morgan fingerprint density at radius 3 is 2.91 bits per heavy atom. The van der Waals surface area contributed by atoms with Crippen LogP contribution < -0.4 is 5.32 Å². The number of fused-ring (bicyclic) bond motifs is 3. The van der Waals surface area contributed by atoms with Gasteiger partial charge >= 0.3 is 0 Å². The van der Waals surface area contributed by atoms with Gasteiger partial charge in [0.15, 0.2) is 0 Å². The second kappa shape index (κ2) is 6.14. The van der Waals surface area contributed by atoms with Crippen LogP contribution in [0.15, 0.2) is 24.3 Å². The van der Waals surface area contributed by atoms with Gasteiger partial charge in [0.1, 0.15) is 5.82 Å². The average Bonchev–Trinajstić information content (AvgIpc) is 2.97. The fourth-order valence-electron chi connectivity index (χ4n) is 3.56. The maximum Gasteiger partial charge on any atom is 0.264 e. The highest BCUT2D eigenvalue weighted by atomic mass is 35.5. The van der Waals surface area contributed by atoms with Crippen molar-refractivity contribution in [3.8, 4) is 0 Å². The molecule has 6 heteroatoms. The van der Waals surface area contributed by atoms with Gasteiger partial charge in [-0.05, 0) is 55.5 Å². The quantitative estimate of drug-likeness (QED) is 0.862. The van der Waals surface area contributed by atoms with Crippen LogP contribution in [0.25, 0.3) is 10.1 Å². The topological polar surface area (TPSA) is 32.3 Å². The molecule has 2 aliphatic heterocycles. The van der Waals surface area contributed by atoms with Gasteiger partial charge in [0.05, 0.1) is 4.88 Å². The zero-order valence-corrected chi connectivity index (χ0v) is 13.7. The summed E-state index contributed by atoms with van der Waals surface area (Å²) in [6, 6.07) is 7.22. The summed E-state index contributed by atoms with van der Waals surface area (Å²) >= 11 is 1.47. The highest BCUT2D eigenvalue weighted by molar-refractivity contribution is 7.20. The fraction of sp³-hybridized carbons (Fsp3) is 0.438. The summed E-state index contributed by atoms with van der Waals surface area (Å²) in [6.45, 7) is 1.88. The molecule has 2 aliphatic rings. The first-order valence-corrected chi connectivity index (χ1v) is 8.26. The summed E-state index contributed by atoms with van der Waals surface area (Å²) in [4.78, 5) is 15.7. The van der Waals surface area contributed by atoms with Gasteiger partial charge in [-0.3, -0.25) is 4.79 Å². The van der Waals surface area contributed by atoms with Crippen LogP contribution >= 0.6 is 23.7 Å². The third-order valence-corrected chi connectivity index (χ3v) is 5.68. The van der Waals surface area contributed by atoms with Crippen LogP contribution in [-0.2, 0) is 0 Å². The predicted molar refractivity (Wildman–Crippen MR) is 89.5 cm³/mol. The molecule has 4 rings (SSSR count). The largest absolute Gasteiger partial charge is 0.331 e. The number of benzene rings is 1. The van der Waals surface area contributed by atoms with Crippen LogP contribution in [0, 0.1) is 5.82 Å². The van der Waals surface area contributed by atoms with Gasteiger partial charge in [0.25, 0.3) is 5.91 Å². The van der Waals surface area contributed by atoms with Gasteiger partial charge in [0.2, 0.25) is 0 Å². The fourth-order valence-corrected chi connectivity index (χ4v) is 4.55. The number of carbonyl (C=O) groups is 1. The van der Waals surface area contributed by atoms with Crippen molar-refractivity contribution in [3.63, 3.8) is 0 Å². The summed E-state index contributed by atoms with van der Waals surface area (Å²) < 4.78 is 14.3. The monoisotopic (exact) mass is 340 g/mol. The number of amides is 1. The number of hydrogen-bond donors (Lipinski definition) is 1. The van der Waals surface area contributed by atoms with Crippen molar-refractivity contribution in [2.75, 3.05) is 13.1 Å². The van der Waals surface area contributed by atoms with E-state index in [1.165, 1.54) is 23.5 Å². The van der Waals surface area contributed by atoms with Gasteiger partial charge in [-0.15, -0.1) is 23.7 Å². The zero-order valence-electron chi connectivity index (χ0n) is 12.0. The van der Waals surface area contributed by atoms with Crippen molar-refractivity contribution < 1.29 is 9.18 Å². The summed E-state index contributed by atoms with van der Waals surface area (Å²) in [7, 11) is 0. The van der Waals surface area contributed by atoms with Crippen molar-refractivity contribution in [3.05, 3.63) is 35.0 Å². The van der Waals surface area contributed by atoms with Crippen LogP contribution in [0.1, 0.15) is 28.9 Å². The smallest absolute Gasteiger partial charge is 0.264 e. The van der Waals surface area contributed by atoms with E-state index in [2.05, 4.69) is 10.2 Å². The number of carbonyl (C=O) groups excluding carboxylic acids is 1. The Balaban J connectivity index is 0.00000144. The van der Waals surface area contributed by atoms with E-state index >= 15 is 0 Å². The minimum absolute atomic E-state index is 0. The molecule has 2 aromatic rings. The van der Waals surface area contributed by atoms with Crippen LogP contribution in [0.4, 0.5) is 4.39 Å². The number of nitrogens with zero attached hydrogens (tertiary/aromatic N) is 1. The molecule has 2 bridgehead atoms. The molecule has 2 saturated heterocycles. The molecular weight excluding hydrogens is 323 g/mol. The minimum atomic E-state index is -0.252. The molecule has 0 aliphatic carbocycles. The molecule has 118 valence electrons. The van der Waals surface area contributed by atoms with E-state index in [0.717, 1.165) is 47.3 Å². The summed E-state index contributed by atoms with van der Waals surface area (Å²) in [5.41, 5.74) is 0. The Kier molecular flexibility index (Phi) is 4.39. The van der Waals surface area contributed by atoms with E-state index in [1.807, 2.05) is 6.07 Å². The van der Waals surface area contributed by atoms with Gasteiger partial charge in [-0.1, -0.05) is 0 Å². The van der Waals surface area contributed by atoms with Crippen molar-refractivity contribution in [2.24, 2.45) is 0 Å². The molecule has 3 heterocycles. The molecule has 0 spiro atoms. The Bertz CT molecular complexity index is 691. The molecule has 2 fully saturated rings. The predicted octanol–water partition coefficient (Wildman–Crippen LogP) is 3.43. The lowest BCUT2D eigenvalue weighted by Gasteiger charge is -2.27. The maximum absolute atomic E-state index is 13.3. The lowest BCUT2D eigenvalue weighted by molar-refractivity contribution is 0.0685. The van der Waals surface area contributed by atoms with Crippen LogP contribution in [0.5, 0.6) is 0 Å². The number of rotatable bonds is 1. The molecule has 1 amide bonds. The van der Waals surface area contributed by atoms with Gasteiger partial charge < -0.3 is 10.2 Å². The van der Waals surface area contributed by atoms with Gasteiger partial charge in [-0.2, -0.15) is 0 Å². The van der Waals surface area contributed by atoms with Crippen molar-refractivity contribution in [1.29, 1.82) is 0 Å². The van der Waals surface area contributed by atoms with Crippen LogP contribution in [0.2, 0.25) is 0 Å². The number of nitrogens with one attached hydrogen (secondary N) is 1. The van der Waals surface area contributed by atoms with E-state index in [0.29, 0.717) is 12.1 Å². The molecule has 3 nitrogen and oxygen atoms in total. The van der Waals surface area contributed by atoms with Crippen molar-refractivity contribution in [1.82, 2.24) is 10.2 Å². The van der Waals surface area contributed by atoms with Gasteiger partial charge in [0, 0.05) is 23.3 Å². The van der Waals surface area contributed by atoms with E-state index in [4.69, 9.17) is 0 Å². The third-order valence-electron chi connectivity index (χ3n) is 4.58. The molecular formula is C16H18ClFN2OS. The molecule has 0 radical (unpaired) electrons. The van der Waals surface area contributed by atoms with Crippen LogP contribution in [-0.4, -0.2) is 36.0 Å².